The molecular weight excluding hydrogens is 398 g/mol. The molecule has 5 rings (SSSR count). The molecule has 2 fully saturated rings. The molecule has 1 aliphatic heterocycles. The number of amides is 1. The van der Waals surface area contributed by atoms with Crippen LogP contribution in [0.1, 0.15) is 48.5 Å². The number of carbonyl (C=O) groups excluding carboxylic acids is 1. The SMILES string of the molecule is O=C(CNCC(O)(C1CC1)C1CC1)N1CCc2ccccc2C1c1cc(Cl)ccn1. The summed E-state index contributed by atoms with van der Waals surface area (Å²) in [6.45, 7) is 1.37. The van der Waals surface area contributed by atoms with Gasteiger partial charge in [0.2, 0.25) is 5.91 Å². The number of aromatic nitrogens is 1. The van der Waals surface area contributed by atoms with Crippen LogP contribution in [0.15, 0.2) is 42.6 Å². The van der Waals surface area contributed by atoms with Crippen LogP contribution >= 0.6 is 11.6 Å². The zero-order valence-electron chi connectivity index (χ0n) is 17.1. The first-order valence-electron chi connectivity index (χ1n) is 11.0. The predicted molar refractivity (Wildman–Crippen MR) is 116 cm³/mol. The van der Waals surface area contributed by atoms with E-state index in [0.717, 1.165) is 43.4 Å². The number of hydrogen-bond acceptors (Lipinski definition) is 4. The fraction of sp³-hybridized carbons (Fsp3) is 0.500. The number of nitrogens with one attached hydrogen (secondary N) is 1. The second-order valence-corrected chi connectivity index (χ2v) is 9.42. The molecule has 1 aromatic heterocycles. The highest BCUT2D eigenvalue weighted by atomic mass is 35.5. The predicted octanol–water partition coefficient (Wildman–Crippen LogP) is 3.35. The molecular formula is C24H28ClN3O2. The molecule has 1 aromatic carbocycles. The molecule has 1 atom stereocenters. The number of nitrogens with zero attached hydrogens (tertiary/aromatic N) is 2. The summed E-state index contributed by atoms with van der Waals surface area (Å²) in [6, 6.07) is 11.6. The van der Waals surface area contributed by atoms with E-state index in [1.165, 1.54) is 5.56 Å². The molecule has 2 saturated carbocycles. The van der Waals surface area contributed by atoms with Crippen molar-refractivity contribution >= 4 is 17.5 Å². The molecule has 0 radical (unpaired) electrons. The Morgan fingerprint density at radius 3 is 2.63 bits per heavy atom. The minimum absolute atomic E-state index is 0.0326. The third kappa shape index (κ3) is 3.86. The van der Waals surface area contributed by atoms with Gasteiger partial charge in [-0.15, -0.1) is 0 Å². The van der Waals surface area contributed by atoms with Gasteiger partial charge in [0, 0.05) is 24.3 Å². The minimum atomic E-state index is -0.636. The topological polar surface area (TPSA) is 65.5 Å². The Hall–Kier alpha value is -1.95. The highest BCUT2D eigenvalue weighted by molar-refractivity contribution is 6.30. The van der Waals surface area contributed by atoms with Crippen molar-refractivity contribution in [1.29, 1.82) is 0 Å². The van der Waals surface area contributed by atoms with Gasteiger partial charge in [0.25, 0.3) is 0 Å². The monoisotopic (exact) mass is 425 g/mol. The third-order valence-electron chi connectivity index (χ3n) is 6.88. The van der Waals surface area contributed by atoms with Crippen LogP contribution in [0.5, 0.6) is 0 Å². The van der Waals surface area contributed by atoms with E-state index >= 15 is 0 Å². The Morgan fingerprint density at radius 1 is 1.20 bits per heavy atom. The summed E-state index contributed by atoms with van der Waals surface area (Å²) in [5.41, 5.74) is 2.51. The highest BCUT2D eigenvalue weighted by Gasteiger charge is 2.52. The molecule has 5 nitrogen and oxygen atoms in total. The van der Waals surface area contributed by atoms with E-state index in [1.54, 1.807) is 12.3 Å². The molecule has 3 aliphatic rings. The number of aliphatic hydroxyl groups is 1. The van der Waals surface area contributed by atoms with E-state index in [-0.39, 0.29) is 18.5 Å². The Kier molecular flexibility index (Phi) is 5.30. The lowest BCUT2D eigenvalue weighted by Crippen LogP contribution is -2.49. The standard InChI is InChI=1S/C24H28ClN3O2/c25-19-9-11-27-21(13-19)23-20-4-2-1-3-16(20)10-12-28(23)22(29)14-26-15-24(30,17-5-6-17)18-7-8-18/h1-4,9,11,13,17-18,23,26,30H,5-8,10,12,14-15H2. The zero-order chi connectivity index (χ0) is 20.7. The first-order chi connectivity index (χ1) is 14.6. The molecule has 6 heteroatoms. The van der Waals surface area contributed by atoms with E-state index in [0.29, 0.717) is 29.9 Å². The Bertz CT molecular complexity index is 930. The van der Waals surface area contributed by atoms with Crippen LogP contribution in [0.25, 0.3) is 0 Å². The molecule has 1 unspecified atom stereocenters. The quantitative estimate of drug-likeness (QED) is 0.714. The van der Waals surface area contributed by atoms with Crippen LogP contribution in [0, 0.1) is 11.8 Å². The maximum atomic E-state index is 13.3. The van der Waals surface area contributed by atoms with Crippen molar-refractivity contribution in [3.8, 4) is 0 Å². The lowest BCUT2D eigenvalue weighted by atomic mass is 9.90. The Labute approximate surface area is 182 Å². The molecule has 0 bridgehead atoms. The molecule has 30 heavy (non-hydrogen) atoms. The zero-order valence-corrected chi connectivity index (χ0v) is 17.8. The van der Waals surface area contributed by atoms with Crippen LogP contribution in [0.2, 0.25) is 5.02 Å². The van der Waals surface area contributed by atoms with Gasteiger partial charge in [0.05, 0.1) is 23.9 Å². The summed E-state index contributed by atoms with van der Waals surface area (Å²) >= 11 is 6.24. The molecule has 0 spiro atoms. The molecule has 2 aliphatic carbocycles. The van der Waals surface area contributed by atoms with Gasteiger partial charge in [-0.25, -0.2) is 0 Å². The van der Waals surface area contributed by atoms with Gasteiger partial charge in [-0.05, 0) is 67.2 Å². The van der Waals surface area contributed by atoms with E-state index < -0.39 is 5.60 Å². The van der Waals surface area contributed by atoms with Gasteiger partial charge in [0.15, 0.2) is 0 Å². The number of hydrogen-bond donors (Lipinski definition) is 2. The van der Waals surface area contributed by atoms with Crippen molar-refractivity contribution in [3.63, 3.8) is 0 Å². The normalized spacial score (nSPS) is 21.4. The summed E-state index contributed by atoms with van der Waals surface area (Å²) in [4.78, 5) is 19.7. The van der Waals surface area contributed by atoms with E-state index in [2.05, 4.69) is 22.4 Å². The molecule has 0 saturated heterocycles. The maximum Gasteiger partial charge on any atom is 0.237 e. The van der Waals surface area contributed by atoms with Crippen LogP contribution < -0.4 is 5.32 Å². The van der Waals surface area contributed by atoms with Crippen LogP contribution in [-0.2, 0) is 11.2 Å². The first kappa shape index (κ1) is 20.0. The number of carbonyl (C=O) groups is 1. The van der Waals surface area contributed by atoms with Gasteiger partial charge in [-0.2, -0.15) is 0 Å². The fourth-order valence-corrected chi connectivity index (χ4v) is 5.15. The van der Waals surface area contributed by atoms with Crippen LogP contribution in [0.3, 0.4) is 0 Å². The van der Waals surface area contributed by atoms with Crippen LogP contribution in [-0.4, -0.2) is 46.1 Å². The number of fused-ring (bicyclic) bond motifs is 1. The lowest BCUT2D eigenvalue weighted by molar-refractivity contribution is -0.132. The smallest absolute Gasteiger partial charge is 0.237 e. The van der Waals surface area contributed by atoms with E-state index in [4.69, 9.17) is 11.6 Å². The summed E-state index contributed by atoms with van der Waals surface area (Å²) in [6.07, 6.45) is 6.94. The number of benzene rings is 1. The van der Waals surface area contributed by atoms with Crippen molar-refractivity contribution in [1.82, 2.24) is 15.2 Å². The molecule has 2 heterocycles. The van der Waals surface area contributed by atoms with Crippen molar-refractivity contribution in [3.05, 3.63) is 64.4 Å². The number of rotatable bonds is 7. The van der Waals surface area contributed by atoms with Crippen LogP contribution in [0.4, 0.5) is 0 Å². The Balaban J connectivity index is 1.33. The van der Waals surface area contributed by atoms with Gasteiger partial charge in [-0.1, -0.05) is 35.9 Å². The van der Waals surface area contributed by atoms with Gasteiger partial charge < -0.3 is 15.3 Å². The summed E-state index contributed by atoms with van der Waals surface area (Å²) < 4.78 is 0. The van der Waals surface area contributed by atoms with Gasteiger partial charge in [0.1, 0.15) is 0 Å². The second-order valence-electron chi connectivity index (χ2n) is 8.98. The van der Waals surface area contributed by atoms with Crippen molar-refractivity contribution in [2.45, 2.75) is 43.7 Å². The summed E-state index contributed by atoms with van der Waals surface area (Å²) in [5, 5.41) is 15.0. The highest BCUT2D eigenvalue weighted by Crippen LogP contribution is 2.51. The molecule has 2 aromatic rings. The third-order valence-corrected chi connectivity index (χ3v) is 7.12. The maximum absolute atomic E-state index is 13.3. The van der Waals surface area contributed by atoms with Crippen molar-refractivity contribution in [2.75, 3.05) is 19.6 Å². The fourth-order valence-electron chi connectivity index (χ4n) is 4.98. The molecule has 2 N–H and O–H groups in total. The largest absolute Gasteiger partial charge is 0.388 e. The van der Waals surface area contributed by atoms with E-state index in [9.17, 15) is 9.90 Å². The summed E-state index contributed by atoms with van der Waals surface area (Å²) in [5.74, 6) is 0.834. The number of halogens is 1. The lowest BCUT2D eigenvalue weighted by Gasteiger charge is -2.37. The average molecular weight is 426 g/mol. The first-order valence-corrected chi connectivity index (χ1v) is 11.4. The molecule has 1 amide bonds. The second kappa shape index (κ2) is 7.95. The van der Waals surface area contributed by atoms with Gasteiger partial charge in [-0.3, -0.25) is 9.78 Å². The van der Waals surface area contributed by atoms with Crippen molar-refractivity contribution in [2.24, 2.45) is 11.8 Å². The van der Waals surface area contributed by atoms with E-state index in [1.807, 2.05) is 23.1 Å². The van der Waals surface area contributed by atoms with Gasteiger partial charge >= 0.3 is 0 Å². The summed E-state index contributed by atoms with van der Waals surface area (Å²) in [7, 11) is 0. The number of pyridine rings is 1. The van der Waals surface area contributed by atoms with Crippen molar-refractivity contribution < 1.29 is 9.90 Å². The Morgan fingerprint density at radius 2 is 1.93 bits per heavy atom. The minimum Gasteiger partial charge on any atom is -0.388 e. The molecule has 158 valence electrons. The average Bonchev–Trinajstić information content (AvgIpc) is 3.65.